The molecule has 2 aromatic heterocycles. The van der Waals surface area contributed by atoms with Crippen LogP contribution in [0.25, 0.3) is 11.4 Å². The molecule has 0 aliphatic carbocycles. The molecule has 0 aliphatic heterocycles. The van der Waals surface area contributed by atoms with Gasteiger partial charge in [-0.1, -0.05) is 12.1 Å². The van der Waals surface area contributed by atoms with E-state index in [9.17, 15) is 10.0 Å². The van der Waals surface area contributed by atoms with Crippen LogP contribution in [0.2, 0.25) is 0 Å². The van der Waals surface area contributed by atoms with Crippen LogP contribution in [-0.4, -0.2) is 28.2 Å². The Morgan fingerprint density at radius 3 is 2.74 bits per heavy atom. The molecular weight excluding hydrogens is 298 g/mol. The van der Waals surface area contributed by atoms with Gasteiger partial charge in [-0.25, -0.2) is 0 Å². The normalized spacial score (nSPS) is 10.3. The molecule has 0 aliphatic rings. The SMILES string of the molecule is COc1ccccc1-c1nc(NC(=O)c2cc[n+]([O-])cc2)n[nH]1. The van der Waals surface area contributed by atoms with E-state index in [4.69, 9.17) is 4.74 Å². The summed E-state index contributed by atoms with van der Waals surface area (Å²) < 4.78 is 5.86. The van der Waals surface area contributed by atoms with E-state index in [1.165, 1.54) is 24.5 Å². The van der Waals surface area contributed by atoms with E-state index >= 15 is 0 Å². The molecule has 0 saturated heterocycles. The monoisotopic (exact) mass is 311 g/mol. The number of hydrogen-bond donors (Lipinski definition) is 2. The third kappa shape index (κ3) is 3.10. The molecule has 2 heterocycles. The number of benzene rings is 1. The average molecular weight is 311 g/mol. The number of carbonyl (C=O) groups excluding carboxylic acids is 1. The fraction of sp³-hybridized carbons (Fsp3) is 0.0667. The van der Waals surface area contributed by atoms with Crippen molar-refractivity contribution in [3.05, 3.63) is 59.6 Å². The molecule has 1 amide bonds. The first-order valence-corrected chi connectivity index (χ1v) is 6.73. The number of H-pyrrole nitrogens is 1. The van der Waals surface area contributed by atoms with Gasteiger partial charge in [-0.2, -0.15) is 9.71 Å². The second-order valence-electron chi connectivity index (χ2n) is 4.61. The van der Waals surface area contributed by atoms with Gasteiger partial charge in [0.1, 0.15) is 5.75 Å². The van der Waals surface area contributed by atoms with Crippen LogP contribution in [0.4, 0.5) is 5.95 Å². The maximum Gasteiger partial charge on any atom is 0.258 e. The number of rotatable bonds is 4. The van der Waals surface area contributed by atoms with Crippen molar-refractivity contribution >= 4 is 11.9 Å². The van der Waals surface area contributed by atoms with Crippen molar-refractivity contribution in [2.45, 2.75) is 0 Å². The lowest BCUT2D eigenvalue weighted by molar-refractivity contribution is -0.605. The Hall–Kier alpha value is -3.42. The number of hydrogen-bond acceptors (Lipinski definition) is 5. The van der Waals surface area contributed by atoms with Crippen molar-refractivity contribution in [2.75, 3.05) is 12.4 Å². The predicted octanol–water partition coefficient (Wildman–Crippen LogP) is 1.37. The highest BCUT2D eigenvalue weighted by Gasteiger charge is 2.13. The first kappa shape index (κ1) is 14.5. The highest BCUT2D eigenvalue weighted by atomic mass is 16.5. The Morgan fingerprint density at radius 1 is 1.26 bits per heavy atom. The van der Waals surface area contributed by atoms with Crippen molar-refractivity contribution in [2.24, 2.45) is 0 Å². The summed E-state index contributed by atoms with van der Waals surface area (Å²) in [4.78, 5) is 16.3. The maximum atomic E-state index is 12.1. The number of methoxy groups -OCH3 is 1. The number of carbonyl (C=O) groups is 1. The topological polar surface area (TPSA) is 107 Å². The summed E-state index contributed by atoms with van der Waals surface area (Å²) in [5.74, 6) is 0.846. The van der Waals surface area contributed by atoms with Gasteiger partial charge >= 0.3 is 0 Å². The number of pyridine rings is 1. The van der Waals surface area contributed by atoms with Crippen molar-refractivity contribution in [1.29, 1.82) is 0 Å². The molecule has 0 bridgehead atoms. The number of para-hydroxylation sites is 1. The average Bonchev–Trinajstić information content (AvgIpc) is 3.03. The Balaban J connectivity index is 1.79. The number of nitrogens with zero attached hydrogens (tertiary/aromatic N) is 3. The van der Waals surface area contributed by atoms with Gasteiger partial charge in [0.25, 0.3) is 5.91 Å². The lowest BCUT2D eigenvalue weighted by Crippen LogP contribution is -2.25. The lowest BCUT2D eigenvalue weighted by Gasteiger charge is -2.04. The van der Waals surface area contributed by atoms with E-state index in [2.05, 4.69) is 20.5 Å². The minimum absolute atomic E-state index is 0.134. The molecule has 23 heavy (non-hydrogen) atoms. The van der Waals surface area contributed by atoms with Crippen molar-refractivity contribution < 1.29 is 14.3 Å². The van der Waals surface area contributed by atoms with Crippen LogP contribution in [0, 0.1) is 5.21 Å². The largest absolute Gasteiger partial charge is 0.619 e. The zero-order chi connectivity index (χ0) is 16.2. The summed E-state index contributed by atoms with van der Waals surface area (Å²) in [7, 11) is 1.57. The second kappa shape index (κ2) is 6.14. The van der Waals surface area contributed by atoms with E-state index < -0.39 is 5.91 Å². The molecule has 0 unspecified atom stereocenters. The molecule has 0 spiro atoms. The molecule has 8 nitrogen and oxygen atoms in total. The number of amides is 1. The second-order valence-corrected chi connectivity index (χ2v) is 4.61. The van der Waals surface area contributed by atoms with Crippen LogP contribution in [0.15, 0.2) is 48.8 Å². The zero-order valence-corrected chi connectivity index (χ0v) is 12.2. The lowest BCUT2D eigenvalue weighted by atomic mass is 10.2. The van der Waals surface area contributed by atoms with Gasteiger partial charge in [-0.3, -0.25) is 15.2 Å². The number of nitrogens with one attached hydrogen (secondary N) is 2. The van der Waals surface area contributed by atoms with Gasteiger partial charge in [-0.05, 0) is 12.1 Å². The Kier molecular flexibility index (Phi) is 3.88. The Labute approximate surface area is 131 Å². The third-order valence-electron chi connectivity index (χ3n) is 3.14. The zero-order valence-electron chi connectivity index (χ0n) is 12.2. The summed E-state index contributed by atoms with van der Waals surface area (Å²) in [6.45, 7) is 0. The van der Waals surface area contributed by atoms with Gasteiger partial charge in [0.2, 0.25) is 5.95 Å². The van der Waals surface area contributed by atoms with E-state index in [0.29, 0.717) is 21.9 Å². The van der Waals surface area contributed by atoms with Crippen LogP contribution in [0.5, 0.6) is 5.75 Å². The highest BCUT2D eigenvalue weighted by molar-refractivity contribution is 6.03. The fourth-order valence-corrected chi connectivity index (χ4v) is 2.02. The minimum atomic E-state index is -0.406. The van der Waals surface area contributed by atoms with Crippen LogP contribution in [0.3, 0.4) is 0 Å². The minimum Gasteiger partial charge on any atom is -0.619 e. The molecule has 0 atom stereocenters. The van der Waals surface area contributed by atoms with E-state index in [1.807, 2.05) is 18.2 Å². The number of ether oxygens (including phenoxy) is 1. The van der Waals surface area contributed by atoms with Crippen molar-refractivity contribution in [3.63, 3.8) is 0 Å². The Bertz CT molecular complexity index is 829. The molecule has 0 radical (unpaired) electrons. The molecule has 8 heteroatoms. The molecular formula is C15H13N5O3. The molecule has 0 saturated carbocycles. The highest BCUT2D eigenvalue weighted by Crippen LogP contribution is 2.27. The summed E-state index contributed by atoms with van der Waals surface area (Å²) in [5, 5.41) is 20.2. The number of anilines is 1. The summed E-state index contributed by atoms with van der Waals surface area (Å²) >= 11 is 0. The Morgan fingerprint density at radius 2 is 2.00 bits per heavy atom. The first-order chi connectivity index (χ1) is 11.2. The summed E-state index contributed by atoms with van der Waals surface area (Å²) in [5.41, 5.74) is 1.07. The van der Waals surface area contributed by atoms with Crippen LogP contribution in [0.1, 0.15) is 10.4 Å². The van der Waals surface area contributed by atoms with E-state index in [0.717, 1.165) is 5.56 Å². The standard InChI is InChI=1S/C15H13N5O3/c1-23-12-5-3-2-4-11(12)13-16-15(19-18-13)17-14(21)10-6-8-20(22)9-7-10/h2-9H,1H3,(H2,16,17,18,19,21). The van der Waals surface area contributed by atoms with Crippen LogP contribution in [-0.2, 0) is 0 Å². The number of aromatic nitrogens is 4. The summed E-state index contributed by atoms with van der Waals surface area (Å²) in [6.07, 6.45) is 2.49. The van der Waals surface area contributed by atoms with Crippen LogP contribution < -0.4 is 14.8 Å². The van der Waals surface area contributed by atoms with Gasteiger partial charge in [0.05, 0.1) is 18.2 Å². The maximum absolute atomic E-state index is 12.1. The van der Waals surface area contributed by atoms with Crippen molar-refractivity contribution in [3.8, 4) is 17.1 Å². The van der Waals surface area contributed by atoms with Crippen LogP contribution >= 0.6 is 0 Å². The van der Waals surface area contributed by atoms with E-state index in [-0.39, 0.29) is 5.95 Å². The molecule has 3 rings (SSSR count). The van der Waals surface area contributed by atoms with Gasteiger partial charge in [0.15, 0.2) is 18.2 Å². The fourth-order valence-electron chi connectivity index (χ4n) is 2.02. The smallest absolute Gasteiger partial charge is 0.258 e. The van der Waals surface area contributed by atoms with Gasteiger partial charge in [0, 0.05) is 12.1 Å². The van der Waals surface area contributed by atoms with Gasteiger partial charge in [-0.15, -0.1) is 5.10 Å². The molecule has 116 valence electrons. The number of aromatic amines is 1. The first-order valence-electron chi connectivity index (χ1n) is 6.73. The predicted molar refractivity (Wildman–Crippen MR) is 81.7 cm³/mol. The molecule has 0 fully saturated rings. The van der Waals surface area contributed by atoms with Gasteiger partial charge < -0.3 is 9.94 Å². The molecule has 3 aromatic rings. The van der Waals surface area contributed by atoms with E-state index in [1.54, 1.807) is 13.2 Å². The third-order valence-corrected chi connectivity index (χ3v) is 3.14. The summed E-state index contributed by atoms with van der Waals surface area (Å²) in [6, 6.07) is 10.2. The quantitative estimate of drug-likeness (QED) is 0.559. The van der Waals surface area contributed by atoms with Crippen molar-refractivity contribution in [1.82, 2.24) is 15.2 Å². The molecule has 2 N–H and O–H groups in total. The molecule has 1 aromatic carbocycles.